The molecule has 0 unspecified atom stereocenters. The van der Waals surface area contributed by atoms with E-state index in [-0.39, 0.29) is 39.2 Å². The molecule has 0 saturated heterocycles. The number of aromatic hydroxyl groups is 2. The molecule has 38 heavy (non-hydrogen) atoms. The van der Waals surface area contributed by atoms with E-state index in [1.165, 1.54) is 43.3 Å². The molecule has 202 valence electrons. The van der Waals surface area contributed by atoms with Crippen molar-refractivity contribution in [2.75, 3.05) is 17.7 Å². The summed E-state index contributed by atoms with van der Waals surface area (Å²) in [6, 6.07) is 13.7. The van der Waals surface area contributed by atoms with Crippen LogP contribution in [0.4, 0.5) is 5.69 Å². The quantitative estimate of drug-likeness (QED) is 0.202. The molecule has 0 aliphatic heterocycles. The number of rotatable bonds is 12. The summed E-state index contributed by atoms with van der Waals surface area (Å²) in [4.78, 5) is 24.5. The molecule has 0 atom stereocenters. The summed E-state index contributed by atoms with van der Waals surface area (Å²) in [5.41, 5.74) is 1.54. The molecule has 10 heteroatoms. The Balaban J connectivity index is 1.61. The lowest BCUT2D eigenvalue weighted by Gasteiger charge is -2.15. The number of phenols is 2. The highest BCUT2D eigenvalue weighted by Gasteiger charge is 2.18. The normalized spacial score (nSPS) is 11.2. The molecule has 0 saturated carbocycles. The van der Waals surface area contributed by atoms with Gasteiger partial charge in [-0.3, -0.25) is 9.59 Å². The lowest BCUT2D eigenvalue weighted by Crippen LogP contribution is -2.21. The first kappa shape index (κ1) is 29.0. The van der Waals surface area contributed by atoms with E-state index in [2.05, 4.69) is 5.32 Å². The number of nitrogens with one attached hydrogen (secondary N) is 1. The van der Waals surface area contributed by atoms with E-state index in [9.17, 15) is 28.2 Å². The number of ether oxygens (including phenoxy) is 1. The van der Waals surface area contributed by atoms with Crippen LogP contribution in [0.3, 0.4) is 0 Å². The fraction of sp³-hybridized carbons (Fsp3) is 0.286. The smallest absolute Gasteiger partial charge is 0.262 e. The van der Waals surface area contributed by atoms with E-state index < -0.39 is 22.4 Å². The molecule has 3 rings (SSSR count). The highest BCUT2D eigenvalue weighted by molar-refractivity contribution is 7.91. The fourth-order valence-electron chi connectivity index (χ4n) is 3.92. The number of anilines is 1. The van der Waals surface area contributed by atoms with Crippen LogP contribution in [-0.4, -0.2) is 42.7 Å². The van der Waals surface area contributed by atoms with Crippen LogP contribution in [0.5, 0.6) is 17.2 Å². The van der Waals surface area contributed by atoms with Crippen LogP contribution in [0.15, 0.2) is 59.5 Å². The van der Waals surface area contributed by atoms with Gasteiger partial charge >= 0.3 is 0 Å². The number of aryl methyl sites for hydroxylation is 1. The Morgan fingerprint density at radius 3 is 2.37 bits per heavy atom. The van der Waals surface area contributed by atoms with Gasteiger partial charge in [-0.1, -0.05) is 31.0 Å². The zero-order valence-electron chi connectivity index (χ0n) is 21.2. The minimum Gasteiger partial charge on any atom is -0.507 e. The van der Waals surface area contributed by atoms with E-state index in [1.54, 1.807) is 18.2 Å². The third-order valence-corrected chi connectivity index (χ3v) is 7.93. The predicted octanol–water partition coefficient (Wildman–Crippen LogP) is 5.33. The summed E-state index contributed by atoms with van der Waals surface area (Å²) in [6.45, 7) is 2.88. The van der Waals surface area contributed by atoms with Crippen molar-refractivity contribution in [1.82, 2.24) is 0 Å². The van der Waals surface area contributed by atoms with Gasteiger partial charge in [0.2, 0.25) is 0 Å². The van der Waals surface area contributed by atoms with Crippen LogP contribution in [0, 0.1) is 0 Å². The molecule has 0 fully saturated rings. The number of hydrogen-bond acceptors (Lipinski definition) is 7. The zero-order chi connectivity index (χ0) is 27.9. The highest BCUT2D eigenvalue weighted by atomic mass is 35.5. The maximum atomic E-state index is 12.6. The van der Waals surface area contributed by atoms with Crippen LogP contribution in [0.2, 0.25) is 5.02 Å². The summed E-state index contributed by atoms with van der Waals surface area (Å²) in [7, 11) is -3.47. The molecule has 0 spiro atoms. The number of amides is 1. The molecule has 3 aromatic carbocycles. The fourth-order valence-corrected chi connectivity index (χ4v) is 5.36. The summed E-state index contributed by atoms with van der Waals surface area (Å²) in [5.74, 6) is -0.890. The lowest BCUT2D eigenvalue weighted by molar-refractivity contribution is -0.118. The molecule has 3 aromatic rings. The van der Waals surface area contributed by atoms with Gasteiger partial charge in [0.25, 0.3) is 5.91 Å². The maximum absolute atomic E-state index is 12.6. The van der Waals surface area contributed by atoms with Gasteiger partial charge in [0.05, 0.1) is 21.9 Å². The Morgan fingerprint density at radius 1 is 1.00 bits per heavy atom. The average Bonchev–Trinajstić information content (AvgIpc) is 2.86. The number of carbonyl (C=O) groups is 2. The monoisotopic (exact) mass is 559 g/mol. The number of benzene rings is 3. The number of halogens is 1. The molecule has 8 nitrogen and oxygen atoms in total. The van der Waals surface area contributed by atoms with Crippen molar-refractivity contribution in [3.05, 3.63) is 76.3 Å². The molecule has 1 amide bonds. The Bertz CT molecular complexity index is 1420. The third kappa shape index (κ3) is 7.49. The van der Waals surface area contributed by atoms with E-state index in [1.807, 2.05) is 6.92 Å². The van der Waals surface area contributed by atoms with Gasteiger partial charge in [0, 0.05) is 10.6 Å². The van der Waals surface area contributed by atoms with Gasteiger partial charge in [-0.15, -0.1) is 0 Å². The van der Waals surface area contributed by atoms with Crippen molar-refractivity contribution >= 4 is 38.8 Å². The zero-order valence-corrected chi connectivity index (χ0v) is 22.7. The van der Waals surface area contributed by atoms with E-state index >= 15 is 0 Å². The average molecular weight is 560 g/mol. The minimum atomic E-state index is -3.47. The SMILES string of the molecule is CCCc1c(OCC(=O)Nc2cc(CCCS(=O)(=O)c3ccc(Cl)cc3)ccc2O)ccc(C(C)=O)c1O. The molecular weight excluding hydrogens is 530 g/mol. The molecule has 0 radical (unpaired) electrons. The van der Waals surface area contributed by atoms with Crippen molar-refractivity contribution in [3.63, 3.8) is 0 Å². The Kier molecular flexibility index (Phi) is 9.77. The van der Waals surface area contributed by atoms with Gasteiger partial charge in [0.1, 0.15) is 17.2 Å². The molecule has 0 aliphatic rings. The van der Waals surface area contributed by atoms with E-state index in [4.69, 9.17) is 16.3 Å². The number of carbonyl (C=O) groups excluding carboxylic acids is 2. The predicted molar refractivity (Wildman–Crippen MR) is 146 cm³/mol. The van der Waals surface area contributed by atoms with E-state index in [0.717, 1.165) is 5.56 Å². The van der Waals surface area contributed by atoms with Gasteiger partial charge in [-0.25, -0.2) is 8.42 Å². The summed E-state index contributed by atoms with van der Waals surface area (Å²) >= 11 is 5.83. The highest BCUT2D eigenvalue weighted by Crippen LogP contribution is 2.33. The summed E-state index contributed by atoms with van der Waals surface area (Å²) in [6.07, 6.45) is 1.90. The van der Waals surface area contributed by atoms with Crippen molar-refractivity contribution in [3.8, 4) is 17.2 Å². The maximum Gasteiger partial charge on any atom is 0.262 e. The first-order valence-electron chi connectivity index (χ1n) is 12.1. The number of hydrogen-bond donors (Lipinski definition) is 3. The Morgan fingerprint density at radius 2 is 1.71 bits per heavy atom. The first-order chi connectivity index (χ1) is 18.0. The first-order valence-corrected chi connectivity index (χ1v) is 14.1. The molecule has 0 aliphatic carbocycles. The molecule has 3 N–H and O–H groups in total. The summed E-state index contributed by atoms with van der Waals surface area (Å²) in [5, 5.41) is 23.7. The second-order valence-electron chi connectivity index (χ2n) is 8.81. The largest absolute Gasteiger partial charge is 0.507 e. The minimum absolute atomic E-state index is 0.0690. The molecular formula is C28H30ClNO7S. The van der Waals surface area contributed by atoms with Gasteiger partial charge in [-0.2, -0.15) is 0 Å². The Labute approximate surface area is 227 Å². The third-order valence-electron chi connectivity index (χ3n) is 5.86. The number of ketones is 1. The molecule has 0 bridgehead atoms. The van der Waals surface area contributed by atoms with Gasteiger partial charge in [-0.05, 0) is 80.3 Å². The van der Waals surface area contributed by atoms with Crippen LogP contribution < -0.4 is 10.1 Å². The van der Waals surface area contributed by atoms with Crippen LogP contribution in [0.25, 0.3) is 0 Å². The Hall–Kier alpha value is -3.56. The second kappa shape index (κ2) is 12.8. The standard InChI is InChI=1S/C28H30ClNO7S/c1-3-5-23-26(14-12-22(18(2)31)28(23)34)37-17-27(33)30-24-16-19(7-13-25(24)32)6-4-15-38(35,36)21-10-8-20(29)9-11-21/h7-14,16,32,34H,3-6,15,17H2,1-2H3,(H,30,33). The van der Waals surface area contributed by atoms with Crippen molar-refractivity contribution in [2.24, 2.45) is 0 Å². The number of Topliss-reactive ketones (excluding diaryl/α,β-unsaturated/α-hetero) is 1. The second-order valence-corrected chi connectivity index (χ2v) is 11.4. The lowest BCUT2D eigenvalue weighted by atomic mass is 10.0. The summed E-state index contributed by atoms with van der Waals surface area (Å²) < 4.78 is 30.7. The topological polar surface area (TPSA) is 130 Å². The van der Waals surface area contributed by atoms with Crippen molar-refractivity contribution in [2.45, 2.75) is 44.4 Å². The van der Waals surface area contributed by atoms with Crippen molar-refractivity contribution < 1.29 is 33.0 Å². The van der Waals surface area contributed by atoms with Gasteiger partial charge in [0.15, 0.2) is 22.2 Å². The number of sulfone groups is 1. The van der Waals surface area contributed by atoms with Crippen LogP contribution >= 0.6 is 11.6 Å². The molecule has 0 heterocycles. The number of phenolic OH excluding ortho intramolecular Hbond substituents is 2. The van der Waals surface area contributed by atoms with E-state index in [0.29, 0.717) is 42.0 Å². The van der Waals surface area contributed by atoms with Crippen LogP contribution in [-0.2, 0) is 27.5 Å². The van der Waals surface area contributed by atoms with Gasteiger partial charge < -0.3 is 20.3 Å². The van der Waals surface area contributed by atoms with Crippen LogP contribution in [0.1, 0.15) is 48.2 Å². The molecule has 0 aromatic heterocycles. The van der Waals surface area contributed by atoms with Crippen molar-refractivity contribution in [1.29, 1.82) is 0 Å².